The van der Waals surface area contributed by atoms with Crippen LogP contribution in [0.15, 0.2) is 66.2 Å². The molecule has 0 aromatic heterocycles. The number of amides is 3. The quantitative estimate of drug-likeness (QED) is 0.139. The third-order valence-electron chi connectivity index (χ3n) is 9.34. The van der Waals surface area contributed by atoms with Gasteiger partial charge in [-0.1, -0.05) is 36.4 Å². The Morgan fingerprint density at radius 1 is 0.816 bits per heavy atom. The lowest BCUT2D eigenvalue weighted by molar-refractivity contribution is -0.128. The Morgan fingerprint density at radius 2 is 1.47 bits per heavy atom. The van der Waals surface area contributed by atoms with Gasteiger partial charge < -0.3 is 24.7 Å². The summed E-state index contributed by atoms with van der Waals surface area (Å²) in [5.41, 5.74) is 3.30. The standard InChI is InChI=1S/C36H35F4N3O6/c37-24-9-5-22(6-10-24)15-16-42(25-11-12-25)34(44)31-27(18-26-19-41(35(45)46)20-30(31)43(26)36(47)48)23-7-3-21(4-8-23)2-1-17-49-33-29(39)14-13-28(38)32(33)40/h3-10,13-14,25-26,30H,1-2,11-12,15-20H2,(H,45,46)(H,47,48). The maximum atomic E-state index is 14.5. The SMILES string of the molecule is O=C(O)N1CC2CC(c3ccc(CCCOc4c(F)ccc(F)c4F)cc3)=C(C(=O)N(CCc3ccc(F)cc3)C3CC3)C(C1)N2C(=O)O. The van der Waals surface area contributed by atoms with Crippen LogP contribution < -0.4 is 4.74 Å². The van der Waals surface area contributed by atoms with Gasteiger partial charge in [0.25, 0.3) is 5.91 Å². The summed E-state index contributed by atoms with van der Waals surface area (Å²) in [6.45, 7) is 0.0306. The minimum atomic E-state index is -1.39. The van der Waals surface area contributed by atoms with E-state index >= 15 is 0 Å². The number of nitrogens with zero attached hydrogens (tertiary/aromatic N) is 3. The molecule has 1 saturated carbocycles. The van der Waals surface area contributed by atoms with Crippen molar-refractivity contribution in [3.05, 3.63) is 106 Å². The molecule has 2 bridgehead atoms. The van der Waals surface area contributed by atoms with Gasteiger partial charge in [0, 0.05) is 31.2 Å². The Balaban J connectivity index is 1.26. The highest BCUT2D eigenvalue weighted by atomic mass is 19.2. The van der Waals surface area contributed by atoms with Crippen molar-refractivity contribution in [2.75, 3.05) is 26.2 Å². The molecule has 3 amide bonds. The zero-order valence-corrected chi connectivity index (χ0v) is 26.5. The summed E-state index contributed by atoms with van der Waals surface area (Å²) in [6, 6.07) is 13.1. The lowest BCUT2D eigenvalue weighted by Crippen LogP contribution is -2.65. The first kappa shape index (κ1) is 33.8. The number of fused-ring (bicyclic) bond motifs is 2. The van der Waals surface area contributed by atoms with E-state index in [0.717, 1.165) is 34.9 Å². The predicted octanol–water partition coefficient (Wildman–Crippen LogP) is 6.36. The first-order valence-electron chi connectivity index (χ1n) is 16.1. The third kappa shape index (κ3) is 7.35. The number of piperazine rings is 1. The molecular weight excluding hydrogens is 646 g/mol. The van der Waals surface area contributed by atoms with Crippen LogP contribution in [0.4, 0.5) is 27.2 Å². The monoisotopic (exact) mass is 681 g/mol. The number of hydrogen-bond acceptors (Lipinski definition) is 4. The number of carbonyl (C=O) groups excluding carboxylic acids is 1. The van der Waals surface area contributed by atoms with E-state index < -0.39 is 47.5 Å². The summed E-state index contributed by atoms with van der Waals surface area (Å²) in [4.78, 5) is 43.2. The first-order chi connectivity index (χ1) is 23.5. The van der Waals surface area contributed by atoms with Gasteiger partial charge in [-0.2, -0.15) is 4.39 Å². The minimum absolute atomic E-state index is 0.0371. The fraction of sp³-hybridized carbons (Fsp3) is 0.361. The Bertz CT molecular complexity index is 1760. The van der Waals surface area contributed by atoms with Crippen LogP contribution in [0.3, 0.4) is 0 Å². The highest BCUT2D eigenvalue weighted by molar-refractivity contribution is 6.04. The van der Waals surface area contributed by atoms with E-state index in [1.807, 2.05) is 24.3 Å². The predicted molar refractivity (Wildman–Crippen MR) is 170 cm³/mol. The van der Waals surface area contributed by atoms with Gasteiger partial charge >= 0.3 is 12.2 Å². The van der Waals surface area contributed by atoms with Crippen molar-refractivity contribution < 1.29 is 46.9 Å². The van der Waals surface area contributed by atoms with Gasteiger partial charge in [0.05, 0.1) is 18.7 Å². The average Bonchev–Trinajstić information content (AvgIpc) is 3.92. The van der Waals surface area contributed by atoms with Gasteiger partial charge in [-0.15, -0.1) is 0 Å². The molecular formula is C36H35F4N3O6. The lowest BCUT2D eigenvalue weighted by Gasteiger charge is -2.49. The molecule has 2 N–H and O–H groups in total. The maximum absolute atomic E-state index is 14.5. The fourth-order valence-corrected chi connectivity index (χ4v) is 6.75. The first-order valence-corrected chi connectivity index (χ1v) is 16.1. The Kier molecular flexibility index (Phi) is 9.79. The fourth-order valence-electron chi connectivity index (χ4n) is 6.75. The Morgan fingerprint density at radius 3 is 2.12 bits per heavy atom. The third-order valence-corrected chi connectivity index (χ3v) is 9.34. The Labute approximate surface area is 280 Å². The van der Waals surface area contributed by atoms with E-state index in [2.05, 4.69) is 0 Å². The second-order valence-corrected chi connectivity index (χ2v) is 12.6. The summed E-state index contributed by atoms with van der Waals surface area (Å²) in [5.74, 6) is -5.07. The van der Waals surface area contributed by atoms with E-state index in [0.29, 0.717) is 43.0 Å². The number of rotatable bonds is 11. The number of ether oxygens (including phenoxy) is 1. The number of benzene rings is 3. The molecule has 6 rings (SSSR count). The minimum Gasteiger partial charge on any atom is -0.488 e. The van der Waals surface area contributed by atoms with E-state index in [1.165, 1.54) is 17.0 Å². The van der Waals surface area contributed by atoms with Crippen molar-refractivity contribution in [1.29, 1.82) is 0 Å². The zero-order valence-electron chi connectivity index (χ0n) is 26.5. The molecule has 49 heavy (non-hydrogen) atoms. The van der Waals surface area contributed by atoms with Gasteiger partial charge in [0.2, 0.25) is 5.82 Å². The van der Waals surface area contributed by atoms with Crippen molar-refractivity contribution in [3.8, 4) is 5.75 Å². The van der Waals surface area contributed by atoms with Crippen LogP contribution in [0, 0.1) is 23.3 Å². The molecule has 2 heterocycles. The van der Waals surface area contributed by atoms with E-state index in [9.17, 15) is 42.2 Å². The molecule has 0 spiro atoms. The number of halogens is 4. The summed E-state index contributed by atoms with van der Waals surface area (Å²) in [7, 11) is 0. The van der Waals surface area contributed by atoms with Crippen LogP contribution in [0.1, 0.15) is 42.4 Å². The molecule has 258 valence electrons. The number of carboxylic acid groups (broad SMARTS) is 2. The highest BCUT2D eigenvalue weighted by Crippen LogP contribution is 2.41. The smallest absolute Gasteiger partial charge is 0.408 e. The molecule has 0 radical (unpaired) electrons. The average molecular weight is 682 g/mol. The summed E-state index contributed by atoms with van der Waals surface area (Å²) >= 11 is 0. The van der Waals surface area contributed by atoms with E-state index in [4.69, 9.17) is 4.74 Å². The summed E-state index contributed by atoms with van der Waals surface area (Å²) in [5, 5.41) is 20.1. The molecule has 2 aliphatic heterocycles. The summed E-state index contributed by atoms with van der Waals surface area (Å²) in [6.07, 6.45) is 0.563. The van der Waals surface area contributed by atoms with Crippen molar-refractivity contribution in [1.82, 2.24) is 14.7 Å². The van der Waals surface area contributed by atoms with Crippen LogP contribution in [-0.4, -0.2) is 87.4 Å². The molecule has 1 aliphatic carbocycles. The second kappa shape index (κ2) is 14.2. The highest BCUT2D eigenvalue weighted by Gasteiger charge is 2.49. The van der Waals surface area contributed by atoms with Crippen LogP contribution >= 0.6 is 0 Å². The van der Waals surface area contributed by atoms with E-state index in [1.54, 1.807) is 17.0 Å². The number of carbonyl (C=O) groups is 3. The normalized spacial score (nSPS) is 18.8. The van der Waals surface area contributed by atoms with Crippen molar-refractivity contribution in [2.45, 2.75) is 56.7 Å². The molecule has 2 unspecified atom stereocenters. The molecule has 13 heteroatoms. The molecule has 1 saturated heterocycles. The van der Waals surface area contributed by atoms with Crippen LogP contribution in [0.2, 0.25) is 0 Å². The number of hydrogen-bond donors (Lipinski definition) is 2. The molecule has 2 atom stereocenters. The van der Waals surface area contributed by atoms with Gasteiger partial charge in [-0.25, -0.2) is 22.8 Å². The number of aryl methyl sites for hydroxylation is 1. The Hall–Kier alpha value is -5.07. The van der Waals surface area contributed by atoms with Crippen molar-refractivity contribution in [2.24, 2.45) is 0 Å². The zero-order chi connectivity index (χ0) is 34.8. The van der Waals surface area contributed by atoms with Crippen LogP contribution in [0.5, 0.6) is 5.75 Å². The van der Waals surface area contributed by atoms with E-state index in [-0.39, 0.29) is 49.5 Å². The molecule has 3 aliphatic rings. The maximum Gasteiger partial charge on any atom is 0.408 e. The molecule has 3 aromatic carbocycles. The molecule has 9 nitrogen and oxygen atoms in total. The van der Waals surface area contributed by atoms with Gasteiger partial charge in [0.1, 0.15) is 5.82 Å². The van der Waals surface area contributed by atoms with Crippen LogP contribution in [-0.2, 0) is 17.6 Å². The van der Waals surface area contributed by atoms with Crippen LogP contribution in [0.25, 0.3) is 5.57 Å². The van der Waals surface area contributed by atoms with Gasteiger partial charge in [0.15, 0.2) is 17.4 Å². The largest absolute Gasteiger partial charge is 0.488 e. The second-order valence-electron chi connectivity index (χ2n) is 12.6. The molecule has 2 fully saturated rings. The lowest BCUT2D eigenvalue weighted by atomic mass is 9.81. The van der Waals surface area contributed by atoms with Crippen molar-refractivity contribution in [3.63, 3.8) is 0 Å². The van der Waals surface area contributed by atoms with Gasteiger partial charge in [-0.05, 0) is 85.1 Å². The van der Waals surface area contributed by atoms with Gasteiger partial charge in [-0.3, -0.25) is 9.69 Å². The summed E-state index contributed by atoms with van der Waals surface area (Å²) < 4.78 is 60.0. The molecule has 3 aromatic rings. The van der Waals surface area contributed by atoms with Crippen molar-refractivity contribution >= 4 is 23.7 Å². The topological polar surface area (TPSA) is 111 Å².